The van der Waals surface area contributed by atoms with Crippen LogP contribution in [0.25, 0.3) is 11.0 Å². The lowest BCUT2D eigenvalue weighted by Gasteiger charge is -1.99. The zero-order chi connectivity index (χ0) is 11.2. The second-order valence-corrected chi connectivity index (χ2v) is 3.72. The number of aromatic nitrogens is 3. The number of fused-ring (bicyclic) bond motifs is 1. The van der Waals surface area contributed by atoms with E-state index in [0.29, 0.717) is 5.52 Å². The lowest BCUT2D eigenvalue weighted by atomic mass is 10.4. The van der Waals surface area contributed by atoms with Crippen LogP contribution in [0.2, 0.25) is 0 Å². The summed E-state index contributed by atoms with van der Waals surface area (Å²) in [5.41, 5.74) is 0.0147. The molecule has 0 saturated carbocycles. The molecule has 2 heterocycles. The monoisotopic (exact) mass is 272 g/mol. The van der Waals surface area contributed by atoms with Gasteiger partial charge in [-0.1, -0.05) is 0 Å². The van der Waals surface area contributed by atoms with Gasteiger partial charge in [0, 0.05) is 7.05 Å². The molecule has 2 aromatic rings. The Kier molecular flexibility index (Phi) is 2.07. The highest BCUT2D eigenvalue weighted by Gasteiger charge is 2.20. The molecular weight excluding hydrogens is 268 g/mol. The first-order valence-corrected chi connectivity index (χ1v) is 4.69. The molecule has 15 heavy (non-hydrogen) atoms. The third kappa shape index (κ3) is 1.33. The summed E-state index contributed by atoms with van der Waals surface area (Å²) >= 11 is 3.07. The van der Waals surface area contributed by atoms with E-state index in [0.717, 1.165) is 0 Å². The van der Waals surface area contributed by atoms with Crippen LogP contribution in [0.1, 0.15) is 0 Å². The van der Waals surface area contributed by atoms with Gasteiger partial charge in [-0.2, -0.15) is 0 Å². The highest BCUT2D eigenvalue weighted by molar-refractivity contribution is 9.10. The Balaban J connectivity index is 3.01. The summed E-state index contributed by atoms with van der Waals surface area (Å²) in [6.07, 6.45) is 1.42. The Morgan fingerprint density at radius 3 is 2.93 bits per heavy atom. The van der Waals surface area contributed by atoms with Crippen molar-refractivity contribution in [1.82, 2.24) is 14.5 Å². The molecule has 8 heteroatoms. The molecular formula is C7H5BrN4O3. The van der Waals surface area contributed by atoms with E-state index in [9.17, 15) is 14.9 Å². The molecule has 0 saturated heterocycles. The van der Waals surface area contributed by atoms with Crippen molar-refractivity contribution >= 4 is 32.8 Å². The summed E-state index contributed by atoms with van der Waals surface area (Å²) < 4.78 is 1.77. The van der Waals surface area contributed by atoms with E-state index in [-0.39, 0.29) is 15.8 Å². The fourth-order valence-corrected chi connectivity index (χ4v) is 2.03. The van der Waals surface area contributed by atoms with Crippen LogP contribution >= 0.6 is 15.9 Å². The van der Waals surface area contributed by atoms with Gasteiger partial charge in [0.15, 0.2) is 5.52 Å². The van der Waals surface area contributed by atoms with Crippen LogP contribution in [0.3, 0.4) is 0 Å². The highest BCUT2D eigenvalue weighted by Crippen LogP contribution is 2.27. The van der Waals surface area contributed by atoms with Crippen molar-refractivity contribution in [3.8, 4) is 0 Å². The molecule has 0 unspecified atom stereocenters. The van der Waals surface area contributed by atoms with Crippen molar-refractivity contribution in [1.29, 1.82) is 0 Å². The van der Waals surface area contributed by atoms with Gasteiger partial charge in [0.25, 0.3) is 0 Å². The molecule has 0 aliphatic heterocycles. The molecule has 0 spiro atoms. The summed E-state index contributed by atoms with van der Waals surface area (Å²) in [7, 11) is 1.66. The van der Waals surface area contributed by atoms with Crippen LogP contribution in [0.5, 0.6) is 0 Å². The van der Waals surface area contributed by atoms with Crippen molar-refractivity contribution in [2.75, 3.05) is 0 Å². The highest BCUT2D eigenvalue weighted by atomic mass is 79.9. The maximum atomic E-state index is 11.4. The molecule has 1 N–H and O–H groups in total. The lowest BCUT2D eigenvalue weighted by Crippen LogP contribution is -2.10. The number of pyridine rings is 1. The Hall–Kier alpha value is -1.70. The number of aromatic amines is 1. The number of aryl methyl sites for hydroxylation is 1. The normalized spacial score (nSPS) is 10.8. The maximum Gasteiger partial charge on any atom is 0.359 e. The predicted octanol–water partition coefficient (Wildman–Crippen LogP) is 0.932. The van der Waals surface area contributed by atoms with Gasteiger partial charge < -0.3 is 14.7 Å². The number of halogens is 1. The Morgan fingerprint density at radius 1 is 1.67 bits per heavy atom. The van der Waals surface area contributed by atoms with Gasteiger partial charge in [-0.25, -0.2) is 14.8 Å². The quantitative estimate of drug-likeness (QED) is 0.617. The number of nitrogens with one attached hydrogen (secondary N) is 1. The van der Waals surface area contributed by atoms with Gasteiger partial charge in [-0.05, 0) is 20.9 Å². The minimum atomic E-state index is -0.655. The van der Waals surface area contributed by atoms with Crippen molar-refractivity contribution in [3.05, 3.63) is 31.3 Å². The van der Waals surface area contributed by atoms with E-state index in [1.54, 1.807) is 11.6 Å². The summed E-state index contributed by atoms with van der Waals surface area (Å²) in [6, 6.07) is 0. The number of hydrogen-bond acceptors (Lipinski definition) is 4. The summed E-state index contributed by atoms with van der Waals surface area (Å²) in [5, 5.41) is 10.6. The third-order valence-electron chi connectivity index (χ3n) is 1.98. The molecule has 0 bridgehead atoms. The fraction of sp³-hybridized carbons (Fsp3) is 0.143. The topological polar surface area (TPSA) is 93.8 Å². The first-order chi connectivity index (χ1) is 7.02. The predicted molar refractivity (Wildman–Crippen MR) is 55.7 cm³/mol. The van der Waals surface area contributed by atoms with Crippen LogP contribution in [0, 0.1) is 10.1 Å². The molecule has 0 amide bonds. The maximum absolute atomic E-state index is 11.4. The number of hydrogen-bond donors (Lipinski definition) is 1. The van der Waals surface area contributed by atoms with Crippen LogP contribution in [0.15, 0.2) is 15.6 Å². The molecule has 0 fully saturated rings. The number of nitro groups is 1. The van der Waals surface area contributed by atoms with E-state index in [4.69, 9.17) is 0 Å². The SMILES string of the molecule is Cn1cnc2c(=O)[nH]c([N+](=O)[O-])c(Br)c21. The van der Waals surface area contributed by atoms with E-state index in [2.05, 4.69) is 25.9 Å². The van der Waals surface area contributed by atoms with Gasteiger partial charge >= 0.3 is 11.4 Å². The number of H-pyrrole nitrogens is 1. The first kappa shape index (κ1) is 9.84. The van der Waals surface area contributed by atoms with Crippen molar-refractivity contribution in [3.63, 3.8) is 0 Å². The minimum absolute atomic E-state index is 0.176. The van der Waals surface area contributed by atoms with Crippen molar-refractivity contribution in [2.45, 2.75) is 0 Å². The third-order valence-corrected chi connectivity index (χ3v) is 2.73. The smallest absolute Gasteiger partial charge is 0.358 e. The first-order valence-electron chi connectivity index (χ1n) is 3.89. The molecule has 2 rings (SSSR count). The molecule has 0 atom stereocenters. The molecule has 7 nitrogen and oxygen atoms in total. The van der Waals surface area contributed by atoms with E-state index in [1.807, 2.05) is 0 Å². The van der Waals surface area contributed by atoms with Crippen molar-refractivity contribution < 1.29 is 4.92 Å². The summed E-state index contributed by atoms with van der Waals surface area (Å²) in [5.74, 6) is -0.365. The number of rotatable bonds is 1. The van der Waals surface area contributed by atoms with E-state index >= 15 is 0 Å². The Morgan fingerprint density at radius 2 is 2.33 bits per heavy atom. The molecule has 0 aliphatic rings. The molecule has 2 aromatic heterocycles. The average molecular weight is 273 g/mol. The van der Waals surface area contributed by atoms with Gasteiger partial charge in [0.05, 0.1) is 11.8 Å². The van der Waals surface area contributed by atoms with Crippen LogP contribution in [-0.4, -0.2) is 19.5 Å². The number of imidazole rings is 1. The molecule has 0 radical (unpaired) electrons. The van der Waals surface area contributed by atoms with Crippen LogP contribution in [-0.2, 0) is 7.05 Å². The van der Waals surface area contributed by atoms with Gasteiger partial charge in [-0.3, -0.25) is 0 Å². The second kappa shape index (κ2) is 3.16. The molecule has 0 aliphatic carbocycles. The molecule has 0 aromatic carbocycles. The van der Waals surface area contributed by atoms with E-state index < -0.39 is 10.5 Å². The average Bonchev–Trinajstić information content (AvgIpc) is 2.54. The van der Waals surface area contributed by atoms with Gasteiger partial charge in [0.2, 0.25) is 0 Å². The summed E-state index contributed by atoms with van der Waals surface area (Å²) in [4.78, 5) is 27.4. The number of nitrogens with zero attached hydrogens (tertiary/aromatic N) is 3. The van der Waals surface area contributed by atoms with Crippen LogP contribution in [0.4, 0.5) is 5.82 Å². The summed E-state index contributed by atoms with van der Waals surface area (Å²) in [6.45, 7) is 0. The second-order valence-electron chi connectivity index (χ2n) is 2.93. The lowest BCUT2D eigenvalue weighted by molar-refractivity contribution is -0.390. The fourth-order valence-electron chi connectivity index (χ4n) is 1.31. The Labute approximate surface area is 91.0 Å². The minimum Gasteiger partial charge on any atom is -0.358 e. The largest absolute Gasteiger partial charge is 0.359 e. The van der Waals surface area contributed by atoms with Gasteiger partial charge in [0.1, 0.15) is 4.47 Å². The zero-order valence-electron chi connectivity index (χ0n) is 7.52. The molecule has 78 valence electrons. The van der Waals surface area contributed by atoms with Gasteiger partial charge in [-0.15, -0.1) is 0 Å². The Bertz CT molecular complexity index is 614. The van der Waals surface area contributed by atoms with Crippen LogP contribution < -0.4 is 5.56 Å². The zero-order valence-corrected chi connectivity index (χ0v) is 9.11. The van der Waals surface area contributed by atoms with Crippen molar-refractivity contribution in [2.24, 2.45) is 7.05 Å². The standard InChI is InChI=1S/C7H5BrN4O3/c1-11-2-9-4-5(11)3(8)6(12(14)15)10-7(4)13/h2H,1H3,(H,10,13). The van der Waals surface area contributed by atoms with E-state index in [1.165, 1.54) is 6.33 Å².